The molecule has 0 aliphatic rings. The lowest BCUT2D eigenvalue weighted by Gasteiger charge is -2.14. The van der Waals surface area contributed by atoms with Gasteiger partial charge in [0.15, 0.2) is 11.4 Å². The van der Waals surface area contributed by atoms with E-state index in [2.05, 4.69) is 0 Å². The third-order valence-electron chi connectivity index (χ3n) is 1.36. The number of hydrogen-bond acceptors (Lipinski definition) is 4. The van der Waals surface area contributed by atoms with Crippen molar-refractivity contribution in [2.75, 3.05) is 0 Å². The van der Waals surface area contributed by atoms with Crippen LogP contribution in [0.15, 0.2) is 24.3 Å². The van der Waals surface area contributed by atoms with Crippen molar-refractivity contribution in [3.8, 4) is 0 Å². The summed E-state index contributed by atoms with van der Waals surface area (Å²) in [5, 5.41) is 35.5. The molecule has 0 heterocycles. The predicted octanol–water partition coefficient (Wildman–Crippen LogP) is -1.51. The molecule has 0 radical (unpaired) electrons. The predicted molar refractivity (Wildman–Crippen MR) is 38.0 cm³/mol. The number of rotatable bonds is 2. The second-order valence-electron chi connectivity index (χ2n) is 2.19. The van der Waals surface area contributed by atoms with Crippen LogP contribution in [0.5, 0.6) is 0 Å². The average Bonchev–Trinajstić information content (AvgIpc) is 2.04. The first-order chi connectivity index (χ1) is 5.61. The smallest absolute Gasteiger partial charge is 0.169 e. The standard InChI is InChI=1S/C6H8N2O4/c9-7(10)5-2-1-3-6(4-5)8(11)12/h1-4,7-9,11H. The second kappa shape index (κ2) is 3.59. The molecule has 1 aromatic carbocycles. The molecule has 0 saturated heterocycles. The van der Waals surface area contributed by atoms with E-state index in [9.17, 15) is 10.4 Å². The highest BCUT2D eigenvalue weighted by Crippen LogP contribution is 2.06. The Kier molecular flexibility index (Phi) is 2.71. The number of benzene rings is 1. The summed E-state index contributed by atoms with van der Waals surface area (Å²) in [6.07, 6.45) is 0. The molecule has 4 N–H and O–H groups in total. The zero-order chi connectivity index (χ0) is 9.14. The molecule has 2 atom stereocenters. The Bertz CT molecular complexity index is 240. The third-order valence-corrected chi connectivity index (χ3v) is 1.36. The highest BCUT2D eigenvalue weighted by Gasteiger charge is 2.04. The van der Waals surface area contributed by atoms with Gasteiger partial charge in [-0.25, -0.2) is 10.4 Å². The van der Waals surface area contributed by atoms with Crippen LogP contribution in [0, 0.1) is 10.4 Å². The fourth-order valence-electron chi connectivity index (χ4n) is 0.785. The summed E-state index contributed by atoms with van der Waals surface area (Å²) in [4.78, 5) is 0. The molecule has 1 rings (SSSR count). The normalized spacial score (nSPS) is 15.7. The molecule has 6 heteroatoms. The van der Waals surface area contributed by atoms with Gasteiger partial charge in [-0.3, -0.25) is 0 Å². The maximum Gasteiger partial charge on any atom is 0.169 e. The summed E-state index contributed by atoms with van der Waals surface area (Å²) in [6.45, 7) is 0. The van der Waals surface area contributed by atoms with Crippen molar-refractivity contribution < 1.29 is 20.9 Å². The molecule has 0 aromatic heterocycles. The molecule has 12 heavy (non-hydrogen) atoms. The molecule has 0 aliphatic heterocycles. The lowest BCUT2D eigenvalue weighted by Crippen LogP contribution is -3.00. The highest BCUT2D eigenvalue weighted by atomic mass is 16.8. The van der Waals surface area contributed by atoms with E-state index < -0.39 is 10.5 Å². The zero-order valence-electron chi connectivity index (χ0n) is 6.02. The molecular weight excluding hydrogens is 164 g/mol. The number of nitrogens with one attached hydrogen (secondary N) is 2. The van der Waals surface area contributed by atoms with Gasteiger partial charge in [0.2, 0.25) is 0 Å². The first-order valence-electron chi connectivity index (χ1n) is 3.18. The van der Waals surface area contributed by atoms with E-state index >= 15 is 0 Å². The van der Waals surface area contributed by atoms with Crippen LogP contribution in [0.2, 0.25) is 0 Å². The van der Waals surface area contributed by atoms with Crippen LogP contribution < -0.4 is 10.5 Å². The Morgan fingerprint density at radius 2 is 1.42 bits per heavy atom. The van der Waals surface area contributed by atoms with E-state index in [1.165, 1.54) is 18.2 Å². The molecule has 2 unspecified atom stereocenters. The summed E-state index contributed by atoms with van der Waals surface area (Å²) in [5.74, 6) is 0. The fraction of sp³-hybridized carbons (Fsp3) is 0. The monoisotopic (exact) mass is 172 g/mol. The maximum atomic E-state index is 10.4. The average molecular weight is 172 g/mol. The minimum Gasteiger partial charge on any atom is -0.595 e. The first-order valence-corrected chi connectivity index (χ1v) is 3.18. The topological polar surface area (TPSA) is 95.5 Å². The molecule has 1 aromatic rings. The Morgan fingerprint density at radius 1 is 1.00 bits per heavy atom. The van der Waals surface area contributed by atoms with Gasteiger partial charge >= 0.3 is 0 Å². The quantitative estimate of drug-likeness (QED) is 0.408. The molecule has 6 nitrogen and oxygen atoms in total. The first kappa shape index (κ1) is 9.07. The van der Waals surface area contributed by atoms with E-state index in [-0.39, 0.29) is 11.4 Å². The van der Waals surface area contributed by atoms with Crippen LogP contribution in [0.3, 0.4) is 0 Å². The van der Waals surface area contributed by atoms with Crippen LogP contribution in [0.25, 0.3) is 0 Å². The van der Waals surface area contributed by atoms with Gasteiger partial charge in [0.1, 0.15) is 0 Å². The van der Waals surface area contributed by atoms with E-state index in [1.807, 2.05) is 0 Å². The van der Waals surface area contributed by atoms with Crippen LogP contribution >= 0.6 is 0 Å². The van der Waals surface area contributed by atoms with Gasteiger partial charge in [-0.1, -0.05) is 6.07 Å². The molecule has 0 saturated carbocycles. The van der Waals surface area contributed by atoms with Crippen molar-refractivity contribution >= 4 is 11.4 Å². The minimum absolute atomic E-state index is 0.0186. The van der Waals surface area contributed by atoms with E-state index in [4.69, 9.17) is 10.4 Å². The second-order valence-corrected chi connectivity index (χ2v) is 2.19. The van der Waals surface area contributed by atoms with Crippen LogP contribution in [-0.2, 0) is 0 Å². The Balaban J connectivity index is 2.96. The number of quaternary nitrogens is 2. The molecule has 0 spiro atoms. The van der Waals surface area contributed by atoms with E-state index in [1.54, 1.807) is 0 Å². The molecular formula is C6H8N2O4. The summed E-state index contributed by atoms with van der Waals surface area (Å²) in [7, 11) is 0. The lowest BCUT2D eigenvalue weighted by molar-refractivity contribution is -0.996. The van der Waals surface area contributed by atoms with Crippen molar-refractivity contribution in [3.63, 3.8) is 0 Å². The van der Waals surface area contributed by atoms with Gasteiger partial charge in [-0.05, 0) is 0 Å². The summed E-state index contributed by atoms with van der Waals surface area (Å²) >= 11 is 0. The number of hydrogen-bond donors (Lipinski definition) is 4. The Labute approximate surface area is 67.9 Å². The summed E-state index contributed by atoms with van der Waals surface area (Å²) in [6, 6.07) is 5.20. The largest absolute Gasteiger partial charge is 0.595 e. The van der Waals surface area contributed by atoms with Gasteiger partial charge < -0.3 is 10.4 Å². The van der Waals surface area contributed by atoms with Crippen molar-refractivity contribution in [3.05, 3.63) is 34.7 Å². The SMILES string of the molecule is [O-][NH+](O)c1cccc([NH+]([O-])O)c1. The molecule has 0 bridgehead atoms. The lowest BCUT2D eigenvalue weighted by atomic mass is 10.3. The molecule has 0 aliphatic carbocycles. The van der Waals surface area contributed by atoms with Crippen molar-refractivity contribution in [2.24, 2.45) is 0 Å². The van der Waals surface area contributed by atoms with E-state index in [0.717, 1.165) is 6.07 Å². The van der Waals surface area contributed by atoms with Crippen molar-refractivity contribution in [2.45, 2.75) is 0 Å². The van der Waals surface area contributed by atoms with Gasteiger partial charge in [-0.15, -0.1) is 0 Å². The molecule has 66 valence electrons. The van der Waals surface area contributed by atoms with Gasteiger partial charge in [0.05, 0.1) is 6.07 Å². The zero-order valence-corrected chi connectivity index (χ0v) is 6.02. The minimum atomic E-state index is -1.13. The molecule has 0 amide bonds. The Morgan fingerprint density at radius 3 is 1.75 bits per heavy atom. The maximum absolute atomic E-state index is 10.4. The van der Waals surface area contributed by atoms with Crippen LogP contribution in [0.1, 0.15) is 0 Å². The van der Waals surface area contributed by atoms with Gasteiger partial charge in [-0.2, -0.15) is 10.5 Å². The van der Waals surface area contributed by atoms with Crippen molar-refractivity contribution in [1.82, 2.24) is 0 Å². The fourth-order valence-corrected chi connectivity index (χ4v) is 0.785. The van der Waals surface area contributed by atoms with Gasteiger partial charge in [0, 0.05) is 12.1 Å². The van der Waals surface area contributed by atoms with Crippen molar-refractivity contribution in [1.29, 1.82) is 0 Å². The summed E-state index contributed by atoms with van der Waals surface area (Å²) < 4.78 is 0. The highest BCUT2D eigenvalue weighted by molar-refractivity contribution is 5.41. The Hall–Kier alpha value is -1.02. The summed E-state index contributed by atoms with van der Waals surface area (Å²) in [5.41, 5.74) is -0.0372. The molecule has 0 fully saturated rings. The van der Waals surface area contributed by atoms with E-state index in [0.29, 0.717) is 0 Å². The van der Waals surface area contributed by atoms with Crippen LogP contribution in [-0.4, -0.2) is 10.4 Å². The van der Waals surface area contributed by atoms with Crippen LogP contribution in [0.4, 0.5) is 11.4 Å². The third kappa shape index (κ3) is 1.98. The van der Waals surface area contributed by atoms with Gasteiger partial charge in [0.25, 0.3) is 0 Å².